The van der Waals surface area contributed by atoms with Crippen molar-refractivity contribution in [3.63, 3.8) is 0 Å². The molecule has 0 spiro atoms. The van der Waals surface area contributed by atoms with E-state index < -0.39 is 0 Å². The molecule has 0 aromatic rings. The van der Waals surface area contributed by atoms with Gasteiger partial charge in [-0.15, -0.1) is 5.11 Å². The molecule has 0 amide bonds. The Bertz CT molecular complexity index is 185. The topological polar surface area (TPSA) is 40.0 Å². The van der Waals surface area contributed by atoms with Crippen LogP contribution < -0.4 is 5.53 Å². The van der Waals surface area contributed by atoms with E-state index in [-0.39, 0.29) is 6.17 Å². The van der Waals surface area contributed by atoms with Crippen LogP contribution in [0, 0.1) is 5.92 Å². The van der Waals surface area contributed by atoms with Gasteiger partial charge in [-0.3, -0.25) is 0 Å². The number of nitrogens with one attached hydrogen (secondary N) is 1. The van der Waals surface area contributed by atoms with Crippen LogP contribution in [-0.4, -0.2) is 18.2 Å². The van der Waals surface area contributed by atoms with Crippen molar-refractivity contribution < 1.29 is 0 Å². The summed E-state index contributed by atoms with van der Waals surface area (Å²) < 4.78 is 0. The van der Waals surface area contributed by atoms with Gasteiger partial charge in [0.2, 0.25) is 0 Å². The van der Waals surface area contributed by atoms with Crippen LogP contribution >= 0.6 is 0 Å². The highest BCUT2D eigenvalue weighted by atomic mass is 15.8. The molecule has 0 saturated carbocycles. The molecule has 0 saturated heterocycles. The third-order valence-corrected chi connectivity index (χ3v) is 3.05. The third kappa shape index (κ3) is 3.78. The van der Waals surface area contributed by atoms with Crippen molar-refractivity contribution >= 4 is 0 Å². The molecule has 4 heteroatoms. The standard InChI is InChI=1S/C11H24N4/c1-4-6-8-10(9-7-5-2)11-12-13-14-15(11)3/h10-11H,4-9H2,1-3H3,(H,12,14). The molecule has 15 heavy (non-hydrogen) atoms. The van der Waals surface area contributed by atoms with Crippen molar-refractivity contribution in [3.05, 3.63) is 0 Å². The zero-order valence-electron chi connectivity index (χ0n) is 10.2. The van der Waals surface area contributed by atoms with Gasteiger partial charge in [0, 0.05) is 7.05 Å². The lowest BCUT2D eigenvalue weighted by Gasteiger charge is -2.25. The SMILES string of the molecule is CCCCC(CCCC)C1N=NNN1C. The first-order chi connectivity index (χ1) is 7.29. The van der Waals surface area contributed by atoms with Crippen molar-refractivity contribution in [2.45, 2.75) is 58.5 Å². The molecule has 1 unspecified atom stereocenters. The van der Waals surface area contributed by atoms with Crippen LogP contribution in [0.5, 0.6) is 0 Å². The highest BCUT2D eigenvalue weighted by Gasteiger charge is 2.27. The Labute approximate surface area is 93.1 Å². The van der Waals surface area contributed by atoms with Crippen LogP contribution in [0.2, 0.25) is 0 Å². The van der Waals surface area contributed by atoms with Gasteiger partial charge in [0.25, 0.3) is 0 Å². The minimum atomic E-state index is 0.253. The molecule has 0 aromatic carbocycles. The lowest BCUT2D eigenvalue weighted by molar-refractivity contribution is 0.149. The van der Waals surface area contributed by atoms with Crippen LogP contribution in [0.1, 0.15) is 52.4 Å². The first-order valence-corrected chi connectivity index (χ1v) is 6.17. The Balaban J connectivity index is 2.42. The van der Waals surface area contributed by atoms with Crippen molar-refractivity contribution in [1.82, 2.24) is 10.5 Å². The first kappa shape index (κ1) is 12.4. The maximum atomic E-state index is 4.26. The van der Waals surface area contributed by atoms with E-state index in [1.54, 1.807) is 0 Å². The molecular formula is C11H24N4. The van der Waals surface area contributed by atoms with E-state index in [9.17, 15) is 0 Å². The number of hydrazine groups is 1. The first-order valence-electron chi connectivity index (χ1n) is 6.17. The van der Waals surface area contributed by atoms with E-state index in [0.717, 1.165) is 0 Å². The van der Waals surface area contributed by atoms with Crippen LogP contribution in [0.15, 0.2) is 10.3 Å². The lowest BCUT2D eigenvalue weighted by atomic mass is 9.93. The van der Waals surface area contributed by atoms with Gasteiger partial charge < -0.3 is 0 Å². The van der Waals surface area contributed by atoms with E-state index in [2.05, 4.69) is 29.7 Å². The minimum Gasteiger partial charge on any atom is -0.220 e. The van der Waals surface area contributed by atoms with Gasteiger partial charge in [0.1, 0.15) is 6.17 Å². The van der Waals surface area contributed by atoms with Gasteiger partial charge in [-0.05, 0) is 18.8 Å². The van der Waals surface area contributed by atoms with Gasteiger partial charge in [-0.25, -0.2) is 5.53 Å². The number of nitrogens with zero attached hydrogens (tertiary/aromatic N) is 3. The molecule has 0 aromatic heterocycles. The molecule has 1 aliphatic heterocycles. The molecule has 0 radical (unpaired) electrons. The predicted molar refractivity (Wildman–Crippen MR) is 62.1 cm³/mol. The molecular weight excluding hydrogens is 188 g/mol. The summed E-state index contributed by atoms with van der Waals surface area (Å²) in [6, 6.07) is 0. The van der Waals surface area contributed by atoms with Crippen molar-refractivity contribution in [3.8, 4) is 0 Å². The molecule has 4 nitrogen and oxygen atoms in total. The van der Waals surface area contributed by atoms with E-state index in [0.29, 0.717) is 5.92 Å². The zero-order chi connectivity index (χ0) is 11.1. The Kier molecular flexibility index (Phi) is 5.61. The van der Waals surface area contributed by atoms with E-state index >= 15 is 0 Å². The molecule has 0 bridgehead atoms. The predicted octanol–water partition coefficient (Wildman–Crippen LogP) is 3.13. The smallest absolute Gasteiger partial charge is 0.146 e. The van der Waals surface area contributed by atoms with Crippen molar-refractivity contribution in [1.29, 1.82) is 0 Å². The molecule has 0 aliphatic carbocycles. The molecule has 1 rings (SSSR count). The van der Waals surface area contributed by atoms with Crippen LogP contribution in [0.25, 0.3) is 0 Å². The van der Waals surface area contributed by atoms with Gasteiger partial charge in [-0.1, -0.05) is 44.8 Å². The van der Waals surface area contributed by atoms with Crippen LogP contribution in [0.4, 0.5) is 0 Å². The summed E-state index contributed by atoms with van der Waals surface area (Å²) in [6.07, 6.45) is 7.93. The minimum absolute atomic E-state index is 0.253. The monoisotopic (exact) mass is 212 g/mol. The molecule has 1 atom stereocenters. The average Bonchev–Trinajstić information content (AvgIpc) is 2.65. The zero-order valence-corrected chi connectivity index (χ0v) is 10.2. The van der Waals surface area contributed by atoms with Gasteiger partial charge in [0.05, 0.1) is 0 Å². The molecule has 1 N–H and O–H groups in total. The van der Waals surface area contributed by atoms with Crippen LogP contribution in [-0.2, 0) is 0 Å². The largest absolute Gasteiger partial charge is 0.220 e. The number of hydrogen-bond donors (Lipinski definition) is 1. The second kappa shape index (κ2) is 6.77. The highest BCUT2D eigenvalue weighted by Crippen LogP contribution is 2.25. The lowest BCUT2D eigenvalue weighted by Crippen LogP contribution is -2.38. The summed E-state index contributed by atoms with van der Waals surface area (Å²) in [5.41, 5.74) is 2.89. The quantitative estimate of drug-likeness (QED) is 0.704. The highest BCUT2D eigenvalue weighted by molar-refractivity contribution is 4.75. The second-order valence-electron chi connectivity index (χ2n) is 4.38. The maximum absolute atomic E-state index is 4.26. The average molecular weight is 212 g/mol. The maximum Gasteiger partial charge on any atom is 0.146 e. The van der Waals surface area contributed by atoms with Gasteiger partial charge in [-0.2, -0.15) is 5.01 Å². The Morgan fingerprint density at radius 3 is 2.20 bits per heavy atom. The number of unbranched alkanes of at least 4 members (excludes halogenated alkanes) is 2. The van der Waals surface area contributed by atoms with Crippen molar-refractivity contribution in [2.24, 2.45) is 16.3 Å². The molecule has 0 fully saturated rings. The number of hydrogen-bond acceptors (Lipinski definition) is 4. The fourth-order valence-electron chi connectivity index (χ4n) is 2.08. The molecule has 1 aliphatic rings. The summed E-state index contributed by atoms with van der Waals surface area (Å²) in [5, 5.41) is 10.2. The fourth-order valence-corrected chi connectivity index (χ4v) is 2.08. The Morgan fingerprint density at radius 2 is 1.80 bits per heavy atom. The fraction of sp³-hybridized carbons (Fsp3) is 1.00. The third-order valence-electron chi connectivity index (χ3n) is 3.05. The van der Waals surface area contributed by atoms with Gasteiger partial charge in [0.15, 0.2) is 0 Å². The van der Waals surface area contributed by atoms with Crippen LogP contribution in [0.3, 0.4) is 0 Å². The summed E-state index contributed by atoms with van der Waals surface area (Å²) in [6.45, 7) is 4.49. The summed E-state index contributed by atoms with van der Waals surface area (Å²) in [4.78, 5) is 0. The molecule has 1 heterocycles. The van der Waals surface area contributed by atoms with Crippen molar-refractivity contribution in [2.75, 3.05) is 7.05 Å². The second-order valence-corrected chi connectivity index (χ2v) is 4.38. The number of rotatable bonds is 7. The summed E-state index contributed by atoms with van der Waals surface area (Å²) in [7, 11) is 2.02. The van der Waals surface area contributed by atoms with Gasteiger partial charge >= 0.3 is 0 Å². The van der Waals surface area contributed by atoms with E-state index in [1.807, 2.05) is 12.1 Å². The molecule has 88 valence electrons. The van der Waals surface area contributed by atoms with E-state index in [4.69, 9.17) is 0 Å². The Hall–Kier alpha value is -0.640. The summed E-state index contributed by atoms with van der Waals surface area (Å²) in [5.74, 6) is 0.661. The summed E-state index contributed by atoms with van der Waals surface area (Å²) >= 11 is 0. The Morgan fingerprint density at radius 1 is 1.20 bits per heavy atom. The van der Waals surface area contributed by atoms with E-state index in [1.165, 1.54) is 38.5 Å². The normalized spacial score (nSPS) is 21.2.